The van der Waals surface area contributed by atoms with E-state index in [0.717, 1.165) is 32.5 Å². The zero-order valence-electron chi connectivity index (χ0n) is 12.1. The van der Waals surface area contributed by atoms with Crippen molar-refractivity contribution in [2.45, 2.75) is 75.8 Å². The molecule has 2 aliphatic heterocycles. The summed E-state index contributed by atoms with van der Waals surface area (Å²) in [6, 6.07) is 1.17. The molecule has 19 heavy (non-hydrogen) atoms. The van der Waals surface area contributed by atoms with Crippen molar-refractivity contribution in [2.75, 3.05) is 19.7 Å². The summed E-state index contributed by atoms with van der Waals surface area (Å²) in [5.41, 5.74) is 5.93. The van der Waals surface area contributed by atoms with Gasteiger partial charge >= 0.3 is 0 Å². The maximum Gasteiger partial charge on any atom is 0.168 e. The van der Waals surface area contributed by atoms with Crippen LogP contribution < -0.4 is 5.73 Å². The van der Waals surface area contributed by atoms with Crippen LogP contribution in [0.5, 0.6) is 0 Å². The number of piperidine rings is 1. The number of hydrogen-bond acceptors (Lipinski definition) is 4. The van der Waals surface area contributed by atoms with Crippen molar-refractivity contribution >= 4 is 0 Å². The van der Waals surface area contributed by atoms with Crippen LogP contribution in [0.2, 0.25) is 0 Å². The average Bonchev–Trinajstić information content (AvgIpc) is 3.03. The second-order valence-electron chi connectivity index (χ2n) is 6.53. The minimum Gasteiger partial charge on any atom is -0.347 e. The molecule has 3 atom stereocenters. The Hall–Kier alpha value is -0.160. The number of nitrogens with two attached hydrogens (primary N) is 1. The Kier molecular flexibility index (Phi) is 4.13. The van der Waals surface area contributed by atoms with Crippen molar-refractivity contribution in [1.82, 2.24) is 4.90 Å². The highest BCUT2D eigenvalue weighted by atomic mass is 16.7. The Bertz CT molecular complexity index is 305. The molecule has 4 nitrogen and oxygen atoms in total. The Morgan fingerprint density at radius 2 is 2.00 bits per heavy atom. The highest BCUT2D eigenvalue weighted by Gasteiger charge is 2.44. The van der Waals surface area contributed by atoms with Crippen molar-refractivity contribution < 1.29 is 9.47 Å². The monoisotopic (exact) mass is 268 g/mol. The van der Waals surface area contributed by atoms with Crippen molar-refractivity contribution in [3.63, 3.8) is 0 Å². The summed E-state index contributed by atoms with van der Waals surface area (Å²) in [5.74, 6) is -0.220. The lowest BCUT2D eigenvalue weighted by atomic mass is 9.96. The van der Waals surface area contributed by atoms with Gasteiger partial charge in [-0.2, -0.15) is 0 Å². The van der Waals surface area contributed by atoms with Crippen LogP contribution in [0.3, 0.4) is 0 Å². The number of ether oxygens (including phenoxy) is 2. The maximum absolute atomic E-state index is 6.25. The third kappa shape index (κ3) is 2.82. The lowest BCUT2D eigenvalue weighted by molar-refractivity contribution is -0.164. The zero-order valence-corrected chi connectivity index (χ0v) is 12.1. The lowest BCUT2D eigenvalue weighted by Gasteiger charge is -2.41. The van der Waals surface area contributed by atoms with Crippen molar-refractivity contribution in [3.8, 4) is 0 Å². The van der Waals surface area contributed by atoms with Gasteiger partial charge in [0, 0.05) is 38.0 Å². The highest BCUT2D eigenvalue weighted by Crippen LogP contribution is 2.39. The van der Waals surface area contributed by atoms with Crippen LogP contribution >= 0.6 is 0 Å². The first-order chi connectivity index (χ1) is 9.22. The van der Waals surface area contributed by atoms with Crippen LogP contribution in [-0.2, 0) is 9.47 Å². The average molecular weight is 268 g/mol. The number of likely N-dealkylation sites (tertiary alicyclic amines) is 1. The molecule has 4 heteroatoms. The summed E-state index contributed by atoms with van der Waals surface area (Å²) in [4.78, 5) is 2.56. The molecule has 3 fully saturated rings. The first kappa shape index (κ1) is 13.8. The molecular weight excluding hydrogens is 240 g/mol. The Balaban J connectivity index is 1.58. The minimum atomic E-state index is -0.220. The molecule has 0 aromatic heterocycles. The molecule has 0 aromatic rings. The van der Waals surface area contributed by atoms with E-state index in [1.807, 2.05) is 0 Å². The molecule has 110 valence electrons. The largest absolute Gasteiger partial charge is 0.347 e. The molecule has 0 amide bonds. The van der Waals surface area contributed by atoms with Crippen LogP contribution in [0.4, 0.5) is 0 Å². The maximum atomic E-state index is 6.25. The topological polar surface area (TPSA) is 47.7 Å². The molecular formula is C15H28N2O2. The molecule has 1 saturated carbocycles. The zero-order chi connectivity index (χ0) is 13.3. The van der Waals surface area contributed by atoms with Gasteiger partial charge in [-0.15, -0.1) is 0 Å². The van der Waals surface area contributed by atoms with Gasteiger partial charge in [0.1, 0.15) is 0 Å². The van der Waals surface area contributed by atoms with E-state index in [0.29, 0.717) is 12.1 Å². The molecule has 3 unspecified atom stereocenters. The van der Waals surface area contributed by atoms with Crippen molar-refractivity contribution in [1.29, 1.82) is 0 Å². The van der Waals surface area contributed by atoms with Gasteiger partial charge in [0.15, 0.2) is 5.79 Å². The minimum absolute atomic E-state index is 0.220. The quantitative estimate of drug-likeness (QED) is 0.849. The highest BCUT2D eigenvalue weighted by molar-refractivity contribution is 4.89. The van der Waals surface area contributed by atoms with Gasteiger partial charge in [-0.05, 0) is 32.6 Å². The van der Waals surface area contributed by atoms with Crippen LogP contribution in [0.1, 0.15) is 51.9 Å². The van der Waals surface area contributed by atoms with Gasteiger partial charge < -0.3 is 15.2 Å². The van der Waals surface area contributed by atoms with E-state index in [4.69, 9.17) is 15.2 Å². The molecule has 0 aromatic carbocycles. The van der Waals surface area contributed by atoms with Gasteiger partial charge in [0.05, 0.1) is 12.7 Å². The predicted molar refractivity (Wildman–Crippen MR) is 74.9 cm³/mol. The van der Waals surface area contributed by atoms with Gasteiger partial charge in [-0.3, -0.25) is 4.90 Å². The molecule has 1 spiro atoms. The van der Waals surface area contributed by atoms with Gasteiger partial charge in [0.2, 0.25) is 0 Å². The standard InChI is InChI=1S/C15H28N2O2/c1-12-5-4-6-13(9-16)17(12)10-14-11-18-15(19-14)7-2-3-8-15/h12-14H,2-11,16H2,1H3. The van der Waals surface area contributed by atoms with Gasteiger partial charge in [0.25, 0.3) is 0 Å². The van der Waals surface area contributed by atoms with E-state index in [1.54, 1.807) is 0 Å². The first-order valence-electron chi connectivity index (χ1n) is 8.00. The van der Waals surface area contributed by atoms with Crippen LogP contribution in [0.25, 0.3) is 0 Å². The van der Waals surface area contributed by atoms with Crippen LogP contribution in [-0.4, -0.2) is 48.6 Å². The molecule has 2 heterocycles. The van der Waals surface area contributed by atoms with E-state index in [1.165, 1.54) is 32.1 Å². The van der Waals surface area contributed by atoms with Crippen molar-refractivity contribution in [2.24, 2.45) is 5.73 Å². The van der Waals surface area contributed by atoms with Gasteiger partial charge in [-0.1, -0.05) is 6.42 Å². The fourth-order valence-electron chi connectivity index (χ4n) is 4.04. The first-order valence-corrected chi connectivity index (χ1v) is 8.00. The van der Waals surface area contributed by atoms with E-state index in [2.05, 4.69) is 11.8 Å². The SMILES string of the molecule is CC1CCCC(CN)N1CC1COC2(CCCC2)O1. The molecule has 3 rings (SSSR count). The molecule has 1 aliphatic carbocycles. The molecule has 0 bridgehead atoms. The normalized spacial score (nSPS) is 39.2. The Morgan fingerprint density at radius 3 is 2.74 bits per heavy atom. The third-order valence-corrected chi connectivity index (χ3v) is 5.16. The third-order valence-electron chi connectivity index (χ3n) is 5.16. The van der Waals surface area contributed by atoms with E-state index < -0.39 is 0 Å². The van der Waals surface area contributed by atoms with E-state index >= 15 is 0 Å². The van der Waals surface area contributed by atoms with Crippen LogP contribution in [0, 0.1) is 0 Å². The fourth-order valence-corrected chi connectivity index (χ4v) is 4.04. The van der Waals surface area contributed by atoms with Crippen molar-refractivity contribution in [3.05, 3.63) is 0 Å². The van der Waals surface area contributed by atoms with E-state index in [-0.39, 0.29) is 11.9 Å². The molecule has 2 saturated heterocycles. The molecule has 2 N–H and O–H groups in total. The summed E-state index contributed by atoms with van der Waals surface area (Å²) in [6.45, 7) is 4.84. The Labute approximate surface area is 116 Å². The summed E-state index contributed by atoms with van der Waals surface area (Å²) in [6.07, 6.45) is 8.74. The smallest absolute Gasteiger partial charge is 0.168 e. The summed E-state index contributed by atoms with van der Waals surface area (Å²) >= 11 is 0. The second kappa shape index (κ2) is 5.68. The van der Waals surface area contributed by atoms with Gasteiger partial charge in [-0.25, -0.2) is 0 Å². The molecule has 3 aliphatic rings. The van der Waals surface area contributed by atoms with Crippen LogP contribution in [0.15, 0.2) is 0 Å². The Morgan fingerprint density at radius 1 is 1.21 bits per heavy atom. The summed E-state index contributed by atoms with van der Waals surface area (Å²) in [5, 5.41) is 0. The lowest BCUT2D eigenvalue weighted by Crippen LogP contribution is -2.52. The number of rotatable bonds is 3. The van der Waals surface area contributed by atoms with E-state index in [9.17, 15) is 0 Å². The predicted octanol–water partition coefficient (Wildman–Crippen LogP) is 1.87. The summed E-state index contributed by atoms with van der Waals surface area (Å²) < 4.78 is 12.2. The number of hydrogen-bond donors (Lipinski definition) is 1. The number of nitrogens with zero attached hydrogens (tertiary/aromatic N) is 1. The summed E-state index contributed by atoms with van der Waals surface area (Å²) in [7, 11) is 0. The second-order valence-corrected chi connectivity index (χ2v) is 6.53. The fraction of sp³-hybridized carbons (Fsp3) is 1.00. The molecule has 0 radical (unpaired) electrons.